The van der Waals surface area contributed by atoms with Crippen molar-refractivity contribution in [1.82, 2.24) is 15.5 Å². The summed E-state index contributed by atoms with van der Waals surface area (Å²) >= 11 is 1.74. The molecule has 0 aromatic heterocycles. The number of carbonyl (C=O) groups excluding carboxylic acids is 2. The molecule has 17 heavy (non-hydrogen) atoms. The fraction of sp³-hybridized carbons (Fsp3) is 0.818. The van der Waals surface area contributed by atoms with E-state index in [0.717, 1.165) is 31.7 Å². The van der Waals surface area contributed by atoms with Crippen molar-refractivity contribution >= 4 is 23.6 Å². The zero-order valence-electron chi connectivity index (χ0n) is 10.3. The molecule has 98 valence electrons. The lowest BCUT2D eigenvalue weighted by Crippen LogP contribution is -2.44. The maximum Gasteiger partial charge on any atom is 0.311 e. The molecule has 1 aliphatic heterocycles. The fourth-order valence-electron chi connectivity index (χ4n) is 1.69. The second-order valence-electron chi connectivity index (χ2n) is 4.00. The van der Waals surface area contributed by atoms with Gasteiger partial charge in [-0.25, -0.2) is 0 Å². The van der Waals surface area contributed by atoms with Crippen LogP contribution in [0.25, 0.3) is 0 Å². The number of rotatable bonds is 4. The van der Waals surface area contributed by atoms with E-state index in [1.165, 1.54) is 0 Å². The number of amides is 2. The Kier molecular flexibility index (Phi) is 7.04. The van der Waals surface area contributed by atoms with Crippen molar-refractivity contribution in [3.63, 3.8) is 0 Å². The van der Waals surface area contributed by atoms with Gasteiger partial charge in [-0.3, -0.25) is 9.59 Å². The number of carbonyl (C=O) groups is 2. The van der Waals surface area contributed by atoms with Crippen LogP contribution in [0.3, 0.4) is 0 Å². The van der Waals surface area contributed by atoms with Crippen molar-refractivity contribution in [2.45, 2.75) is 12.8 Å². The summed E-state index contributed by atoms with van der Waals surface area (Å²) in [6.07, 6.45) is 3.84. The second kappa shape index (κ2) is 8.36. The maximum absolute atomic E-state index is 11.8. The first kappa shape index (κ1) is 14.3. The van der Waals surface area contributed by atoms with E-state index in [2.05, 4.69) is 10.6 Å². The third-order valence-electron chi connectivity index (χ3n) is 2.63. The van der Waals surface area contributed by atoms with Gasteiger partial charge in [0.2, 0.25) is 0 Å². The van der Waals surface area contributed by atoms with E-state index >= 15 is 0 Å². The third-order valence-corrected chi connectivity index (χ3v) is 3.33. The van der Waals surface area contributed by atoms with Crippen LogP contribution >= 0.6 is 11.8 Å². The predicted octanol–water partition coefficient (Wildman–Crippen LogP) is -0.322. The summed E-state index contributed by atoms with van der Waals surface area (Å²) in [7, 11) is 0. The lowest BCUT2D eigenvalue weighted by molar-refractivity contribution is -0.145. The van der Waals surface area contributed by atoms with E-state index < -0.39 is 11.8 Å². The summed E-state index contributed by atoms with van der Waals surface area (Å²) in [4.78, 5) is 25.0. The first-order chi connectivity index (χ1) is 8.25. The smallest absolute Gasteiger partial charge is 0.311 e. The lowest BCUT2D eigenvalue weighted by Gasteiger charge is -2.19. The van der Waals surface area contributed by atoms with Crippen molar-refractivity contribution in [3.05, 3.63) is 0 Å². The molecule has 6 heteroatoms. The number of nitrogens with zero attached hydrogens (tertiary/aromatic N) is 1. The molecule has 1 saturated heterocycles. The molecular weight excluding hydrogens is 238 g/mol. The second-order valence-corrected chi connectivity index (χ2v) is 4.98. The fourth-order valence-corrected chi connectivity index (χ4v) is 2.12. The summed E-state index contributed by atoms with van der Waals surface area (Å²) in [5.41, 5.74) is 0. The molecule has 0 unspecified atom stereocenters. The molecule has 0 radical (unpaired) electrons. The molecule has 1 fully saturated rings. The Morgan fingerprint density at radius 1 is 1.35 bits per heavy atom. The first-order valence-corrected chi connectivity index (χ1v) is 7.42. The summed E-state index contributed by atoms with van der Waals surface area (Å²) in [5.74, 6) is 0.146. The van der Waals surface area contributed by atoms with Crippen molar-refractivity contribution < 1.29 is 9.59 Å². The molecule has 1 heterocycles. The Labute approximate surface area is 107 Å². The third kappa shape index (κ3) is 5.41. The largest absolute Gasteiger partial charge is 0.348 e. The van der Waals surface area contributed by atoms with Crippen LogP contribution in [0, 0.1) is 0 Å². The standard InChI is InChI=1S/C11H21N3O2S/c1-17-9-3-5-13-10(15)11(16)14-7-2-4-12-6-8-14/h12H,2-9H2,1H3,(H,13,15). The molecule has 1 rings (SSSR count). The normalized spacial score (nSPS) is 16.4. The number of nitrogens with one attached hydrogen (secondary N) is 2. The van der Waals surface area contributed by atoms with Crippen LogP contribution in [0.1, 0.15) is 12.8 Å². The molecule has 0 bridgehead atoms. The van der Waals surface area contributed by atoms with Crippen molar-refractivity contribution in [2.24, 2.45) is 0 Å². The van der Waals surface area contributed by atoms with Gasteiger partial charge in [-0.05, 0) is 31.4 Å². The Hall–Kier alpha value is -0.750. The molecule has 5 nitrogen and oxygen atoms in total. The minimum atomic E-state index is -0.465. The quantitative estimate of drug-likeness (QED) is 0.536. The van der Waals surface area contributed by atoms with Gasteiger partial charge < -0.3 is 15.5 Å². The van der Waals surface area contributed by atoms with E-state index in [1.54, 1.807) is 16.7 Å². The van der Waals surface area contributed by atoms with E-state index in [1.807, 2.05) is 6.26 Å². The molecule has 0 atom stereocenters. The van der Waals surface area contributed by atoms with E-state index in [9.17, 15) is 9.59 Å². The zero-order chi connectivity index (χ0) is 12.5. The zero-order valence-corrected chi connectivity index (χ0v) is 11.1. The Balaban J connectivity index is 2.27. The van der Waals surface area contributed by atoms with E-state index in [4.69, 9.17) is 0 Å². The summed E-state index contributed by atoms with van der Waals surface area (Å²) in [6.45, 7) is 3.56. The van der Waals surface area contributed by atoms with Gasteiger partial charge >= 0.3 is 11.8 Å². The van der Waals surface area contributed by atoms with Gasteiger partial charge in [0.05, 0.1) is 0 Å². The molecule has 0 aromatic carbocycles. The summed E-state index contributed by atoms with van der Waals surface area (Å²) < 4.78 is 0. The monoisotopic (exact) mass is 259 g/mol. The SMILES string of the molecule is CSCCCNC(=O)C(=O)N1CCCNCC1. The van der Waals surface area contributed by atoms with Crippen LogP contribution in [-0.4, -0.2) is 61.4 Å². The first-order valence-electron chi connectivity index (χ1n) is 6.02. The Morgan fingerprint density at radius 3 is 2.94 bits per heavy atom. The van der Waals surface area contributed by atoms with Crippen molar-refractivity contribution in [2.75, 3.05) is 44.7 Å². The van der Waals surface area contributed by atoms with Crippen LogP contribution in [-0.2, 0) is 9.59 Å². The Morgan fingerprint density at radius 2 is 2.18 bits per heavy atom. The molecule has 2 N–H and O–H groups in total. The lowest BCUT2D eigenvalue weighted by atomic mass is 10.3. The summed E-state index contributed by atoms with van der Waals surface area (Å²) in [6, 6.07) is 0. The van der Waals surface area contributed by atoms with Crippen LogP contribution < -0.4 is 10.6 Å². The minimum absolute atomic E-state index is 0.391. The molecule has 0 spiro atoms. The number of hydrogen-bond acceptors (Lipinski definition) is 4. The molecule has 0 saturated carbocycles. The van der Waals surface area contributed by atoms with Gasteiger partial charge in [0.25, 0.3) is 0 Å². The van der Waals surface area contributed by atoms with E-state index in [0.29, 0.717) is 19.6 Å². The van der Waals surface area contributed by atoms with Crippen molar-refractivity contribution in [3.8, 4) is 0 Å². The van der Waals surface area contributed by atoms with Crippen LogP contribution in [0.5, 0.6) is 0 Å². The topological polar surface area (TPSA) is 61.4 Å². The van der Waals surface area contributed by atoms with Crippen LogP contribution in [0.2, 0.25) is 0 Å². The molecule has 1 aliphatic rings. The highest BCUT2D eigenvalue weighted by Gasteiger charge is 2.21. The Bertz CT molecular complexity index is 253. The molecule has 0 aromatic rings. The van der Waals surface area contributed by atoms with E-state index in [-0.39, 0.29) is 0 Å². The van der Waals surface area contributed by atoms with Gasteiger partial charge in [0.1, 0.15) is 0 Å². The van der Waals surface area contributed by atoms with Crippen LogP contribution in [0.4, 0.5) is 0 Å². The maximum atomic E-state index is 11.8. The molecular formula is C11H21N3O2S. The highest BCUT2D eigenvalue weighted by molar-refractivity contribution is 7.98. The minimum Gasteiger partial charge on any atom is -0.348 e. The highest BCUT2D eigenvalue weighted by atomic mass is 32.2. The highest BCUT2D eigenvalue weighted by Crippen LogP contribution is 1.97. The van der Waals surface area contributed by atoms with Gasteiger partial charge in [-0.1, -0.05) is 0 Å². The van der Waals surface area contributed by atoms with Gasteiger partial charge in [0.15, 0.2) is 0 Å². The average Bonchev–Trinajstić information content (AvgIpc) is 2.62. The number of hydrogen-bond donors (Lipinski definition) is 2. The number of thioether (sulfide) groups is 1. The predicted molar refractivity (Wildman–Crippen MR) is 70.1 cm³/mol. The van der Waals surface area contributed by atoms with Gasteiger partial charge in [-0.15, -0.1) is 0 Å². The molecule has 0 aliphatic carbocycles. The molecule has 2 amide bonds. The summed E-state index contributed by atoms with van der Waals surface area (Å²) in [5, 5.41) is 5.87. The van der Waals surface area contributed by atoms with Gasteiger partial charge in [-0.2, -0.15) is 11.8 Å². The van der Waals surface area contributed by atoms with Gasteiger partial charge in [0, 0.05) is 26.2 Å². The van der Waals surface area contributed by atoms with Crippen molar-refractivity contribution in [1.29, 1.82) is 0 Å². The average molecular weight is 259 g/mol. The van der Waals surface area contributed by atoms with Crippen LogP contribution in [0.15, 0.2) is 0 Å².